The fourth-order valence-electron chi connectivity index (χ4n) is 8.56. The summed E-state index contributed by atoms with van der Waals surface area (Å²) in [6, 6.07) is 12.8. The second kappa shape index (κ2) is 13.6. The van der Waals surface area contributed by atoms with E-state index in [4.69, 9.17) is 37.3 Å². The van der Waals surface area contributed by atoms with Crippen LogP contribution in [0, 0.1) is 30.6 Å². The lowest BCUT2D eigenvalue weighted by Gasteiger charge is -2.37. The molecule has 53 heavy (non-hydrogen) atoms. The van der Waals surface area contributed by atoms with Gasteiger partial charge in [-0.2, -0.15) is 0 Å². The summed E-state index contributed by atoms with van der Waals surface area (Å²) in [7, 11) is -2.97. The standard InChI is InChI=1S/C40H50O11Si2/c1-9-52(10-2,11-3)50-29-16-15-27-25(7)21-26(44-8)22-28(27)34(29)36(41)46-30-23-38(43)19-20-39(33-24-45-37(42)47-33)31(48-39)17-18-32(40(38)35(30)49-40)51-53(12-4,13-5)14-6/h15-16,21-22,30-33,35,43H,9-14,23-24H2,1-8H3/t30-,31-,32+,33-,35+,38+,39+,40+/m1/s1. The van der Waals surface area contributed by atoms with E-state index in [0.29, 0.717) is 22.4 Å². The van der Waals surface area contributed by atoms with Crippen LogP contribution < -0.4 is 9.16 Å². The minimum Gasteiger partial charge on any atom is -0.543 e. The summed E-state index contributed by atoms with van der Waals surface area (Å²) in [5.41, 5.74) is -3.26. The van der Waals surface area contributed by atoms with Crippen molar-refractivity contribution in [1.29, 1.82) is 0 Å². The number of cyclic esters (lactones) is 2. The molecule has 0 bridgehead atoms. The molecule has 4 fully saturated rings. The molecular formula is C40H50O11Si2. The first-order valence-corrected chi connectivity index (χ1v) is 24.1. The molecule has 0 aromatic heterocycles. The average molecular weight is 763 g/mol. The number of esters is 1. The van der Waals surface area contributed by atoms with Crippen molar-refractivity contribution in [1.82, 2.24) is 0 Å². The Morgan fingerprint density at radius 2 is 1.64 bits per heavy atom. The highest BCUT2D eigenvalue weighted by Crippen LogP contribution is 2.61. The monoisotopic (exact) mass is 762 g/mol. The Morgan fingerprint density at radius 3 is 2.26 bits per heavy atom. The first kappa shape index (κ1) is 37.7. The molecule has 3 saturated heterocycles. The number of fused-ring (bicyclic) bond motifs is 2. The van der Waals surface area contributed by atoms with E-state index < -0.39 is 76.1 Å². The van der Waals surface area contributed by atoms with Crippen molar-refractivity contribution < 1.29 is 52.0 Å². The third kappa shape index (κ3) is 5.95. The Morgan fingerprint density at radius 1 is 0.943 bits per heavy atom. The van der Waals surface area contributed by atoms with E-state index in [1.165, 1.54) is 0 Å². The van der Waals surface area contributed by atoms with E-state index in [2.05, 4.69) is 65.2 Å². The average Bonchev–Trinajstić information content (AvgIpc) is 4.02. The van der Waals surface area contributed by atoms with Crippen LogP contribution in [-0.2, 0) is 28.1 Å². The number of ether oxygens (including phenoxy) is 6. The van der Waals surface area contributed by atoms with Gasteiger partial charge in [-0.15, -0.1) is 0 Å². The van der Waals surface area contributed by atoms with Gasteiger partial charge in [0.1, 0.15) is 42.0 Å². The van der Waals surface area contributed by atoms with Crippen molar-refractivity contribution in [3.8, 4) is 35.2 Å². The normalized spacial score (nSPS) is 32.2. The number of aliphatic hydroxyl groups is 1. The molecule has 13 heteroatoms. The minimum absolute atomic E-state index is 0.0516. The zero-order chi connectivity index (χ0) is 38.0. The van der Waals surface area contributed by atoms with Crippen molar-refractivity contribution in [2.75, 3.05) is 13.7 Å². The van der Waals surface area contributed by atoms with E-state index >= 15 is 0 Å². The van der Waals surface area contributed by atoms with E-state index in [1.807, 2.05) is 31.2 Å². The molecule has 0 amide bonds. The van der Waals surface area contributed by atoms with Crippen molar-refractivity contribution in [2.24, 2.45) is 0 Å². The second-order valence-corrected chi connectivity index (χ2v) is 24.3. The smallest absolute Gasteiger partial charge is 0.508 e. The second-order valence-electron chi connectivity index (χ2n) is 14.9. The third-order valence-corrected chi connectivity index (χ3v) is 21.7. The maximum absolute atomic E-state index is 14.7. The molecule has 11 nitrogen and oxygen atoms in total. The van der Waals surface area contributed by atoms with Gasteiger partial charge in [0.15, 0.2) is 31.7 Å². The topological polar surface area (TPSA) is 135 Å². The van der Waals surface area contributed by atoms with Crippen LogP contribution in [0.25, 0.3) is 10.8 Å². The van der Waals surface area contributed by atoms with Crippen molar-refractivity contribution in [3.05, 3.63) is 35.4 Å². The third-order valence-electron chi connectivity index (χ3n) is 12.6. The van der Waals surface area contributed by atoms with Gasteiger partial charge in [-0.3, -0.25) is 0 Å². The van der Waals surface area contributed by atoms with Gasteiger partial charge in [-0.25, -0.2) is 9.59 Å². The quantitative estimate of drug-likeness (QED) is 0.0989. The fourth-order valence-corrected chi connectivity index (χ4v) is 13.9. The predicted octanol–water partition coefficient (Wildman–Crippen LogP) is 6.42. The molecule has 0 unspecified atom stereocenters. The molecule has 2 aromatic carbocycles. The van der Waals surface area contributed by atoms with Crippen LogP contribution in [-0.4, -0.2) is 94.9 Å². The van der Waals surface area contributed by atoms with Crippen LogP contribution in [0.3, 0.4) is 0 Å². The molecule has 2 aromatic rings. The summed E-state index contributed by atoms with van der Waals surface area (Å²) < 4.78 is 48.9. The Labute approximate surface area is 313 Å². The zero-order valence-corrected chi connectivity index (χ0v) is 33.9. The zero-order valence-electron chi connectivity index (χ0n) is 31.9. The van der Waals surface area contributed by atoms with Crippen LogP contribution >= 0.6 is 0 Å². The maximum Gasteiger partial charge on any atom is 0.508 e. The summed E-state index contributed by atoms with van der Waals surface area (Å²) in [4.78, 5) is 26.6. The summed E-state index contributed by atoms with van der Waals surface area (Å²) >= 11 is 0. The van der Waals surface area contributed by atoms with E-state index in [0.717, 1.165) is 47.2 Å². The molecule has 8 atom stereocenters. The first-order chi connectivity index (χ1) is 25.3. The van der Waals surface area contributed by atoms with E-state index in [1.54, 1.807) is 7.11 Å². The number of rotatable bonds is 14. The Bertz CT molecular complexity index is 1920. The fraction of sp³-hybridized carbons (Fsp3) is 0.600. The molecule has 2 aliphatic carbocycles. The minimum atomic E-state index is -2.33. The number of carbonyl (C=O) groups is 2. The van der Waals surface area contributed by atoms with Crippen LogP contribution in [0.2, 0.25) is 36.3 Å². The lowest BCUT2D eigenvalue weighted by molar-refractivity contribution is -0.0565. The van der Waals surface area contributed by atoms with Crippen LogP contribution in [0.15, 0.2) is 24.3 Å². The molecule has 1 N–H and O–H groups in total. The van der Waals surface area contributed by atoms with Crippen LogP contribution in [0.4, 0.5) is 4.79 Å². The molecule has 1 spiro atoms. The lowest BCUT2D eigenvalue weighted by Crippen LogP contribution is -2.54. The number of hydrogen-bond acceptors (Lipinski definition) is 11. The van der Waals surface area contributed by atoms with Crippen molar-refractivity contribution in [2.45, 2.75) is 138 Å². The van der Waals surface area contributed by atoms with Crippen LogP contribution in [0.5, 0.6) is 11.5 Å². The molecular weight excluding hydrogens is 713 g/mol. The summed E-state index contributed by atoms with van der Waals surface area (Å²) in [5.74, 6) is 13.1. The van der Waals surface area contributed by atoms with E-state index in [9.17, 15) is 14.7 Å². The Kier molecular flexibility index (Phi) is 9.70. The summed E-state index contributed by atoms with van der Waals surface area (Å²) in [5, 5.41) is 14.2. The van der Waals surface area contributed by atoms with Gasteiger partial charge in [0.2, 0.25) is 5.60 Å². The largest absolute Gasteiger partial charge is 0.543 e. The number of aryl methyl sites for hydroxylation is 1. The van der Waals surface area contributed by atoms with E-state index in [-0.39, 0.29) is 13.0 Å². The van der Waals surface area contributed by atoms with Gasteiger partial charge < -0.3 is 42.4 Å². The molecule has 7 rings (SSSR count). The molecule has 3 heterocycles. The number of epoxide rings is 2. The Balaban J connectivity index is 1.29. The lowest BCUT2D eigenvalue weighted by atomic mass is 9.85. The first-order valence-electron chi connectivity index (χ1n) is 19.0. The molecule has 0 radical (unpaired) electrons. The molecule has 5 aliphatic rings. The maximum atomic E-state index is 14.7. The number of carbonyl (C=O) groups excluding carboxylic acids is 2. The molecule has 284 valence electrons. The molecule has 3 aliphatic heterocycles. The van der Waals surface area contributed by atoms with Gasteiger partial charge in [-0.1, -0.05) is 71.3 Å². The summed E-state index contributed by atoms with van der Waals surface area (Å²) in [6.07, 6.45) is -4.88. The van der Waals surface area contributed by atoms with Gasteiger partial charge in [0.25, 0.3) is 8.32 Å². The molecule has 1 saturated carbocycles. The van der Waals surface area contributed by atoms with Gasteiger partial charge >= 0.3 is 12.1 Å². The van der Waals surface area contributed by atoms with Gasteiger partial charge in [0, 0.05) is 11.8 Å². The highest BCUT2D eigenvalue weighted by molar-refractivity contribution is 6.74. The highest BCUT2D eigenvalue weighted by Gasteiger charge is 2.82. The van der Waals surface area contributed by atoms with Gasteiger partial charge in [0.05, 0.1) is 7.11 Å². The van der Waals surface area contributed by atoms with Gasteiger partial charge in [-0.05, 0) is 72.3 Å². The number of benzene rings is 2. The SMILES string of the molecule is CC[Si](CC)(CC)Oc1ccc2c(C)cc(OC)cc2c1C(=O)O[C@@H]1C[C@@]2(O)C#C[C@]3([C@H]4COC(=O)O4)O[C@@H]3C#C[C@H](O[Si](CC)(CC)CC)[C@@]23O[C@@H]13. The number of methoxy groups -OCH3 is 1. The number of hydrogen-bond donors (Lipinski definition) is 1. The van der Waals surface area contributed by atoms with Crippen molar-refractivity contribution in [3.63, 3.8) is 0 Å². The Hall–Kier alpha value is -3.57. The summed E-state index contributed by atoms with van der Waals surface area (Å²) in [6.45, 7) is 14.7. The highest BCUT2D eigenvalue weighted by atomic mass is 28.4. The van der Waals surface area contributed by atoms with Crippen molar-refractivity contribution >= 4 is 39.5 Å². The van der Waals surface area contributed by atoms with Crippen LogP contribution in [0.1, 0.15) is 63.9 Å². The predicted molar refractivity (Wildman–Crippen MR) is 201 cm³/mol.